The molecular formula is C14H32N2O6S3. The second-order valence-electron chi connectivity index (χ2n) is 5.64. The molecule has 2 heterocycles. The summed E-state index contributed by atoms with van der Waals surface area (Å²) < 4.78 is 47.0. The Morgan fingerprint density at radius 3 is 1.16 bits per heavy atom. The first-order valence-corrected chi connectivity index (χ1v) is 12.0. The third kappa shape index (κ3) is 11.7. The first-order chi connectivity index (χ1) is 11.7. The van der Waals surface area contributed by atoms with Crippen molar-refractivity contribution in [1.29, 1.82) is 0 Å². The number of hydrogen-bond donors (Lipinski definition) is 0. The van der Waals surface area contributed by atoms with Gasteiger partial charge in [0.05, 0.1) is 63.4 Å². The quantitative estimate of drug-likeness (QED) is 0.287. The van der Waals surface area contributed by atoms with Gasteiger partial charge in [0.1, 0.15) is 26.2 Å². The molecule has 0 saturated carbocycles. The normalized spacial score (nSPS) is 22.0. The minimum atomic E-state index is -5.17. The number of hydrogen-bond acceptors (Lipinski definition) is 8. The third-order valence-electron chi connectivity index (χ3n) is 4.50. The summed E-state index contributed by atoms with van der Waals surface area (Å²) in [7, 11) is -5.17. The van der Waals surface area contributed by atoms with Gasteiger partial charge in [0.25, 0.3) is 0 Å². The summed E-state index contributed by atoms with van der Waals surface area (Å²) in [6, 6.07) is 0. The van der Waals surface area contributed by atoms with Crippen molar-refractivity contribution in [3.8, 4) is 0 Å². The van der Waals surface area contributed by atoms with Crippen molar-refractivity contribution in [2.75, 3.05) is 78.2 Å². The van der Waals surface area contributed by atoms with Crippen molar-refractivity contribution in [2.24, 2.45) is 0 Å². The Morgan fingerprint density at radius 2 is 1.04 bits per heavy atom. The maximum absolute atomic E-state index is 8.52. The van der Waals surface area contributed by atoms with E-state index in [-0.39, 0.29) is 0 Å². The fourth-order valence-electron chi connectivity index (χ4n) is 2.61. The van der Waals surface area contributed by atoms with E-state index in [0.717, 1.165) is 26.4 Å². The Labute approximate surface area is 161 Å². The van der Waals surface area contributed by atoms with Crippen LogP contribution in [0.4, 0.5) is 0 Å². The van der Waals surface area contributed by atoms with E-state index in [9.17, 15) is 0 Å². The number of morpholine rings is 2. The lowest BCUT2D eigenvalue weighted by atomic mass is 10.4. The van der Waals surface area contributed by atoms with Crippen LogP contribution < -0.4 is 0 Å². The summed E-state index contributed by atoms with van der Waals surface area (Å²) in [6.45, 7) is 15.4. The van der Waals surface area contributed by atoms with E-state index in [1.165, 1.54) is 47.0 Å². The largest absolute Gasteiger partial charge is 0.759 e. The number of likely N-dealkylation sites (N-methyl/N-ethyl adjacent to an activating group) is 2. The lowest BCUT2D eigenvalue weighted by molar-refractivity contribution is -0.803. The number of quaternary nitrogens is 2. The zero-order valence-electron chi connectivity index (χ0n) is 15.6. The van der Waals surface area contributed by atoms with Gasteiger partial charge in [0.15, 0.2) is 0 Å². The molecule has 0 atom stereocenters. The maximum atomic E-state index is 8.52. The molecule has 0 amide bonds. The van der Waals surface area contributed by atoms with Gasteiger partial charge in [0.2, 0.25) is 0 Å². The number of rotatable bonds is 4. The molecule has 152 valence electrons. The highest BCUT2D eigenvalue weighted by Crippen LogP contribution is 2.22. The molecule has 0 unspecified atom stereocenters. The van der Waals surface area contributed by atoms with Gasteiger partial charge >= 0.3 is 0 Å². The molecule has 0 aromatic rings. The molecule has 2 rings (SSSR count). The van der Waals surface area contributed by atoms with E-state index < -0.39 is 10.4 Å². The maximum Gasteiger partial charge on any atom is 0.113 e. The van der Waals surface area contributed by atoms with Crippen molar-refractivity contribution in [3.63, 3.8) is 0 Å². The van der Waals surface area contributed by atoms with Gasteiger partial charge in [-0.1, -0.05) is 0 Å². The van der Waals surface area contributed by atoms with Crippen LogP contribution in [-0.4, -0.2) is 104 Å². The molecule has 2 fully saturated rings. The lowest BCUT2D eigenvalue weighted by Gasteiger charge is -2.36. The second-order valence-corrected chi connectivity index (χ2v) is 8.74. The molecule has 0 aromatic heterocycles. The number of nitrogens with zero attached hydrogens (tertiary/aromatic N) is 2. The van der Waals surface area contributed by atoms with E-state index in [2.05, 4.69) is 26.4 Å². The number of ether oxygens (including phenoxy) is 2. The fourth-order valence-corrected chi connectivity index (χ4v) is 4.15. The van der Waals surface area contributed by atoms with Crippen LogP contribution >= 0.6 is 23.9 Å². The predicted molar refractivity (Wildman–Crippen MR) is 100 cm³/mol. The Bertz CT molecular complexity index is 392. The van der Waals surface area contributed by atoms with E-state index in [4.69, 9.17) is 27.0 Å². The molecule has 11 heteroatoms. The van der Waals surface area contributed by atoms with Crippen molar-refractivity contribution >= 4 is 34.3 Å². The van der Waals surface area contributed by atoms with E-state index in [1.807, 2.05) is 23.9 Å². The standard InChI is InChI=1S/2C7H16NOS.H2O4S/c2*1-3-8(10-2)4-6-9-7-5-8;1-5(2,3)4/h2*3-7H2,1-2H3;(H2,1,2,3,4)/q2*+1;/p-2. The fraction of sp³-hybridized carbons (Fsp3) is 1.00. The molecule has 2 aliphatic rings. The van der Waals surface area contributed by atoms with Gasteiger partial charge in [-0.15, -0.1) is 0 Å². The van der Waals surface area contributed by atoms with Crippen molar-refractivity contribution < 1.29 is 34.8 Å². The van der Waals surface area contributed by atoms with Gasteiger partial charge in [-0.2, -0.15) is 0 Å². The van der Waals surface area contributed by atoms with E-state index >= 15 is 0 Å². The van der Waals surface area contributed by atoms with Crippen molar-refractivity contribution in [3.05, 3.63) is 0 Å². The highest BCUT2D eigenvalue weighted by atomic mass is 32.3. The Balaban J connectivity index is 0.000000368. The first-order valence-electron chi connectivity index (χ1n) is 8.31. The van der Waals surface area contributed by atoms with Crippen LogP contribution in [0.1, 0.15) is 13.8 Å². The van der Waals surface area contributed by atoms with Crippen LogP contribution in [-0.2, 0) is 19.9 Å². The van der Waals surface area contributed by atoms with Crippen LogP contribution in [0.3, 0.4) is 0 Å². The highest BCUT2D eigenvalue weighted by molar-refractivity contribution is 7.93. The van der Waals surface area contributed by atoms with E-state index in [1.54, 1.807) is 0 Å². The highest BCUT2D eigenvalue weighted by Gasteiger charge is 2.28. The monoisotopic (exact) mass is 420 g/mol. The summed E-state index contributed by atoms with van der Waals surface area (Å²) in [5.74, 6) is 0. The molecule has 0 spiro atoms. The summed E-state index contributed by atoms with van der Waals surface area (Å²) in [4.78, 5) is 0. The van der Waals surface area contributed by atoms with Crippen LogP contribution in [0, 0.1) is 0 Å². The smallest absolute Gasteiger partial charge is 0.113 e. The van der Waals surface area contributed by atoms with Crippen LogP contribution in [0.5, 0.6) is 0 Å². The van der Waals surface area contributed by atoms with Gasteiger partial charge in [-0.05, 0) is 13.8 Å². The summed E-state index contributed by atoms with van der Waals surface area (Å²) in [6.07, 6.45) is 4.38. The van der Waals surface area contributed by atoms with E-state index in [0.29, 0.717) is 0 Å². The molecular weight excluding hydrogens is 388 g/mol. The molecule has 2 aliphatic heterocycles. The molecule has 2 saturated heterocycles. The van der Waals surface area contributed by atoms with Crippen LogP contribution in [0.15, 0.2) is 0 Å². The summed E-state index contributed by atoms with van der Waals surface area (Å²) in [5, 5.41) is 0. The zero-order valence-corrected chi connectivity index (χ0v) is 18.1. The molecule has 25 heavy (non-hydrogen) atoms. The molecule has 0 aliphatic carbocycles. The van der Waals surface area contributed by atoms with Gasteiger partial charge in [-0.25, -0.2) is 0 Å². The molecule has 8 nitrogen and oxygen atoms in total. The van der Waals surface area contributed by atoms with Crippen LogP contribution in [0.2, 0.25) is 0 Å². The zero-order chi connectivity index (χ0) is 19.4. The van der Waals surface area contributed by atoms with Gasteiger partial charge < -0.3 is 18.6 Å². The predicted octanol–water partition coefficient (Wildman–Crippen LogP) is 0.925. The molecule has 0 N–H and O–H groups in total. The topological polar surface area (TPSA) is 98.7 Å². The molecule has 0 bridgehead atoms. The summed E-state index contributed by atoms with van der Waals surface area (Å²) in [5.41, 5.74) is 0. The first kappa shape index (κ1) is 25.4. The average molecular weight is 421 g/mol. The average Bonchev–Trinajstić information content (AvgIpc) is 2.62. The SMILES string of the molecule is CC[N+]1(SC)CCOCC1.CC[N+]1(SC)CCOCC1.O=S(=O)([O-])[O-]. The van der Waals surface area contributed by atoms with Crippen molar-refractivity contribution in [2.45, 2.75) is 13.8 Å². The summed E-state index contributed by atoms with van der Waals surface area (Å²) >= 11 is 3.90. The Kier molecular flexibility index (Phi) is 12.9. The molecule has 0 aromatic carbocycles. The van der Waals surface area contributed by atoms with Gasteiger partial charge in [-0.3, -0.25) is 16.2 Å². The minimum Gasteiger partial charge on any atom is -0.759 e. The van der Waals surface area contributed by atoms with Gasteiger partial charge in [0, 0.05) is 22.9 Å². The molecule has 0 radical (unpaired) electrons. The second kappa shape index (κ2) is 12.7. The third-order valence-corrected chi connectivity index (χ3v) is 7.30. The van der Waals surface area contributed by atoms with Crippen molar-refractivity contribution in [1.82, 2.24) is 0 Å². The minimum absolute atomic E-state index is 0.939. The Hall–Kier alpha value is 0.410. The lowest BCUT2D eigenvalue weighted by Crippen LogP contribution is -2.49. The van der Waals surface area contributed by atoms with Crippen LogP contribution in [0.25, 0.3) is 0 Å². The Morgan fingerprint density at radius 1 is 0.800 bits per heavy atom.